The van der Waals surface area contributed by atoms with Crippen molar-refractivity contribution in [1.29, 1.82) is 0 Å². The second-order valence-corrected chi connectivity index (χ2v) is 4.80. The summed E-state index contributed by atoms with van der Waals surface area (Å²) in [5.41, 5.74) is 2.03. The lowest BCUT2D eigenvalue weighted by atomic mass is 10.2. The minimum atomic E-state index is -0.464. The van der Waals surface area contributed by atoms with Crippen LogP contribution in [0.3, 0.4) is 0 Å². The van der Waals surface area contributed by atoms with Gasteiger partial charge in [-0.3, -0.25) is 9.78 Å². The molecule has 0 aliphatic heterocycles. The van der Waals surface area contributed by atoms with Crippen molar-refractivity contribution in [2.75, 3.05) is 6.54 Å². The number of hydrogen-bond donors (Lipinski definition) is 1. The van der Waals surface area contributed by atoms with Crippen LogP contribution in [0, 0.1) is 0 Å². The summed E-state index contributed by atoms with van der Waals surface area (Å²) in [5.74, 6) is -0.0955. The van der Waals surface area contributed by atoms with Crippen molar-refractivity contribution >= 4 is 5.91 Å². The monoisotopic (exact) mass is 284 g/mol. The number of ether oxygens (including phenoxy) is 1. The van der Waals surface area contributed by atoms with Crippen LogP contribution in [-0.4, -0.2) is 23.5 Å². The normalized spacial score (nSPS) is 11.9. The first-order valence-electron chi connectivity index (χ1n) is 7.09. The van der Waals surface area contributed by atoms with Gasteiger partial charge in [-0.15, -0.1) is 0 Å². The molecule has 1 heterocycles. The van der Waals surface area contributed by atoms with Gasteiger partial charge in [0.2, 0.25) is 5.91 Å². The van der Waals surface area contributed by atoms with Gasteiger partial charge in [-0.05, 0) is 24.6 Å². The maximum Gasteiger partial charge on any atom is 0.248 e. The third-order valence-corrected chi connectivity index (χ3v) is 3.12. The zero-order valence-electron chi connectivity index (χ0n) is 12.2. The third kappa shape index (κ3) is 5.36. The number of hydrogen-bond acceptors (Lipinski definition) is 3. The van der Waals surface area contributed by atoms with Crippen molar-refractivity contribution in [2.24, 2.45) is 0 Å². The standard InChI is InChI=1S/C17H20N2O2/c1-14(21-13-15-7-3-2-4-8-15)17(20)19-12-10-16-9-5-6-11-18-16/h2-9,11,14H,10,12-13H2,1H3,(H,19,20)/t14-/m0/s1. The number of rotatable bonds is 7. The summed E-state index contributed by atoms with van der Waals surface area (Å²) >= 11 is 0. The Bertz CT molecular complexity index is 543. The van der Waals surface area contributed by atoms with Crippen molar-refractivity contribution in [3.63, 3.8) is 0 Å². The van der Waals surface area contributed by atoms with Crippen LogP contribution in [0.25, 0.3) is 0 Å². The molecule has 0 aliphatic carbocycles. The summed E-state index contributed by atoms with van der Waals surface area (Å²) in [6.45, 7) is 2.77. The van der Waals surface area contributed by atoms with E-state index in [4.69, 9.17) is 4.74 Å². The average molecular weight is 284 g/mol. The lowest BCUT2D eigenvalue weighted by Gasteiger charge is -2.13. The highest BCUT2D eigenvalue weighted by Gasteiger charge is 2.12. The summed E-state index contributed by atoms with van der Waals surface area (Å²) in [6.07, 6.45) is 2.01. The molecule has 4 nitrogen and oxygen atoms in total. The summed E-state index contributed by atoms with van der Waals surface area (Å²) in [4.78, 5) is 16.1. The molecule has 1 atom stereocenters. The molecular weight excluding hydrogens is 264 g/mol. The molecule has 2 rings (SSSR count). The summed E-state index contributed by atoms with van der Waals surface area (Å²) in [5, 5.41) is 2.86. The Labute approximate surface area is 125 Å². The highest BCUT2D eigenvalue weighted by molar-refractivity contribution is 5.80. The Kier molecular flexibility index (Phi) is 5.91. The van der Waals surface area contributed by atoms with Gasteiger partial charge in [-0.2, -0.15) is 0 Å². The quantitative estimate of drug-likeness (QED) is 0.849. The average Bonchev–Trinajstić information content (AvgIpc) is 2.54. The summed E-state index contributed by atoms with van der Waals surface area (Å²) in [7, 11) is 0. The van der Waals surface area contributed by atoms with Gasteiger partial charge in [0.25, 0.3) is 0 Å². The minimum Gasteiger partial charge on any atom is -0.364 e. The fourth-order valence-electron chi connectivity index (χ4n) is 1.87. The van der Waals surface area contributed by atoms with Crippen LogP contribution in [0.1, 0.15) is 18.2 Å². The maximum absolute atomic E-state index is 11.9. The molecule has 0 fully saturated rings. The Morgan fingerprint density at radius 3 is 2.67 bits per heavy atom. The van der Waals surface area contributed by atoms with Crippen LogP contribution in [0.2, 0.25) is 0 Å². The largest absolute Gasteiger partial charge is 0.364 e. The van der Waals surface area contributed by atoms with E-state index in [1.807, 2.05) is 48.5 Å². The maximum atomic E-state index is 11.9. The Balaban J connectivity index is 1.68. The second kappa shape index (κ2) is 8.17. The first kappa shape index (κ1) is 15.2. The number of carbonyl (C=O) groups excluding carboxylic acids is 1. The summed E-state index contributed by atoms with van der Waals surface area (Å²) in [6, 6.07) is 15.6. The fraction of sp³-hybridized carbons (Fsp3) is 0.294. The molecule has 0 saturated carbocycles. The van der Waals surface area contributed by atoms with Crippen LogP contribution in [-0.2, 0) is 22.6 Å². The second-order valence-electron chi connectivity index (χ2n) is 4.80. The van der Waals surface area contributed by atoms with Gasteiger partial charge < -0.3 is 10.1 Å². The van der Waals surface area contributed by atoms with Gasteiger partial charge in [0.1, 0.15) is 6.10 Å². The molecule has 1 amide bonds. The first-order chi connectivity index (χ1) is 10.3. The van der Waals surface area contributed by atoms with E-state index >= 15 is 0 Å². The molecular formula is C17H20N2O2. The van der Waals surface area contributed by atoms with Gasteiger partial charge in [0.05, 0.1) is 6.61 Å². The Morgan fingerprint density at radius 1 is 1.19 bits per heavy atom. The van der Waals surface area contributed by atoms with E-state index in [0.29, 0.717) is 13.2 Å². The molecule has 1 aromatic heterocycles. The Hall–Kier alpha value is -2.20. The highest BCUT2D eigenvalue weighted by Crippen LogP contribution is 2.03. The van der Waals surface area contributed by atoms with E-state index < -0.39 is 6.10 Å². The molecule has 0 radical (unpaired) electrons. The molecule has 4 heteroatoms. The van der Waals surface area contributed by atoms with Crippen molar-refractivity contribution in [3.05, 3.63) is 66.0 Å². The van der Waals surface area contributed by atoms with Crippen molar-refractivity contribution in [2.45, 2.75) is 26.1 Å². The zero-order chi connectivity index (χ0) is 14.9. The molecule has 2 aromatic rings. The molecule has 1 aromatic carbocycles. The van der Waals surface area contributed by atoms with Crippen LogP contribution in [0.15, 0.2) is 54.7 Å². The molecule has 0 saturated heterocycles. The lowest BCUT2D eigenvalue weighted by Crippen LogP contribution is -2.35. The van der Waals surface area contributed by atoms with Gasteiger partial charge >= 0.3 is 0 Å². The molecule has 0 unspecified atom stereocenters. The minimum absolute atomic E-state index is 0.0955. The highest BCUT2D eigenvalue weighted by atomic mass is 16.5. The van der Waals surface area contributed by atoms with Crippen LogP contribution in [0.4, 0.5) is 0 Å². The molecule has 0 aliphatic rings. The number of carbonyl (C=O) groups is 1. The predicted octanol–water partition coefficient (Wildman–Crippen LogP) is 2.35. The fourth-order valence-corrected chi connectivity index (χ4v) is 1.87. The van der Waals surface area contributed by atoms with Crippen LogP contribution in [0.5, 0.6) is 0 Å². The van der Waals surface area contributed by atoms with Gasteiger partial charge in [-0.1, -0.05) is 36.4 Å². The van der Waals surface area contributed by atoms with E-state index in [2.05, 4.69) is 10.3 Å². The predicted molar refractivity (Wildman–Crippen MR) is 81.6 cm³/mol. The third-order valence-electron chi connectivity index (χ3n) is 3.12. The Morgan fingerprint density at radius 2 is 1.95 bits per heavy atom. The first-order valence-corrected chi connectivity index (χ1v) is 7.09. The van der Waals surface area contributed by atoms with E-state index in [1.165, 1.54) is 0 Å². The lowest BCUT2D eigenvalue weighted by molar-refractivity contribution is -0.132. The van der Waals surface area contributed by atoms with Crippen LogP contribution >= 0.6 is 0 Å². The van der Waals surface area contributed by atoms with Crippen molar-refractivity contribution in [1.82, 2.24) is 10.3 Å². The van der Waals surface area contributed by atoms with Crippen molar-refractivity contribution in [3.8, 4) is 0 Å². The smallest absolute Gasteiger partial charge is 0.248 e. The molecule has 110 valence electrons. The van der Waals surface area contributed by atoms with Gasteiger partial charge in [0, 0.05) is 24.9 Å². The van der Waals surface area contributed by atoms with E-state index in [0.717, 1.165) is 17.7 Å². The van der Waals surface area contributed by atoms with Crippen molar-refractivity contribution < 1.29 is 9.53 Å². The SMILES string of the molecule is C[C@H](OCc1ccccc1)C(=O)NCCc1ccccn1. The number of aromatic nitrogens is 1. The number of benzene rings is 1. The zero-order valence-corrected chi connectivity index (χ0v) is 12.2. The number of nitrogens with one attached hydrogen (secondary N) is 1. The topological polar surface area (TPSA) is 51.2 Å². The number of pyridine rings is 1. The van der Waals surface area contributed by atoms with Gasteiger partial charge in [-0.25, -0.2) is 0 Å². The summed E-state index contributed by atoms with van der Waals surface area (Å²) < 4.78 is 5.56. The molecule has 0 bridgehead atoms. The number of amides is 1. The van der Waals surface area contributed by atoms with Crippen LogP contribution < -0.4 is 5.32 Å². The number of nitrogens with zero attached hydrogens (tertiary/aromatic N) is 1. The molecule has 21 heavy (non-hydrogen) atoms. The van der Waals surface area contributed by atoms with Gasteiger partial charge in [0.15, 0.2) is 0 Å². The molecule has 0 spiro atoms. The van der Waals surface area contributed by atoms with E-state index in [9.17, 15) is 4.79 Å². The molecule has 1 N–H and O–H groups in total. The van der Waals surface area contributed by atoms with E-state index in [-0.39, 0.29) is 5.91 Å². The van der Waals surface area contributed by atoms with E-state index in [1.54, 1.807) is 13.1 Å².